The summed E-state index contributed by atoms with van der Waals surface area (Å²) in [6, 6.07) is 21.6. The molecule has 0 spiro atoms. The highest BCUT2D eigenvalue weighted by atomic mass is 16.5. The SMILES string of the molecule is Nc1ncnc2c1c(-c1ccc(Oc3ccccc3)cc1)nn2C1CCCN(C(=C=O)CCCCCCCCNc2ccc3c(c2)C(=O)N(C2CCC(=C=O)NC2=C=O)C3=O)C1. The molecule has 2 unspecified atom stereocenters. The lowest BCUT2D eigenvalue weighted by atomic mass is 10.0. The molecule has 8 rings (SSSR count). The number of aromatic nitrogens is 4. The van der Waals surface area contributed by atoms with Crippen molar-refractivity contribution in [2.24, 2.45) is 0 Å². The second-order valence-electron chi connectivity index (χ2n) is 15.8. The number of carbonyl (C=O) groups excluding carboxylic acids is 5. The summed E-state index contributed by atoms with van der Waals surface area (Å²) in [5.74, 6) is 6.60. The molecular weight excluding hydrogens is 787 g/mol. The Morgan fingerprint density at radius 3 is 2.39 bits per heavy atom. The predicted molar refractivity (Wildman–Crippen MR) is 233 cm³/mol. The van der Waals surface area contributed by atoms with Crippen LogP contribution < -0.4 is 21.1 Å². The van der Waals surface area contributed by atoms with E-state index in [2.05, 4.69) is 31.4 Å². The number of likely N-dealkylation sites (tertiary alicyclic amines) is 1. The van der Waals surface area contributed by atoms with Crippen molar-refractivity contribution in [1.82, 2.24) is 34.9 Å². The molecular formula is C47H47N9O6. The largest absolute Gasteiger partial charge is 0.457 e. The first-order chi connectivity index (χ1) is 30.4. The lowest BCUT2D eigenvalue weighted by molar-refractivity contribution is 0.0593. The number of piperidine rings is 2. The van der Waals surface area contributed by atoms with Crippen molar-refractivity contribution >= 4 is 52.2 Å². The summed E-state index contributed by atoms with van der Waals surface area (Å²) in [5, 5.41) is 11.8. The van der Waals surface area contributed by atoms with Crippen LogP contribution in [0.5, 0.6) is 11.5 Å². The van der Waals surface area contributed by atoms with Crippen LogP contribution in [0, 0.1) is 0 Å². The fraction of sp³-hybridized carbons (Fsp3) is 0.340. The maximum atomic E-state index is 13.3. The molecule has 0 bridgehead atoms. The van der Waals surface area contributed by atoms with Gasteiger partial charge >= 0.3 is 0 Å². The number of nitrogens with zero attached hydrogens (tertiary/aromatic N) is 6. The summed E-state index contributed by atoms with van der Waals surface area (Å²) in [7, 11) is 0. The molecule has 316 valence electrons. The Morgan fingerprint density at radius 1 is 0.855 bits per heavy atom. The molecule has 3 aromatic carbocycles. The van der Waals surface area contributed by atoms with Gasteiger partial charge in [-0.2, -0.15) is 5.10 Å². The van der Waals surface area contributed by atoms with Crippen LogP contribution in [0.25, 0.3) is 22.3 Å². The molecule has 2 fully saturated rings. The van der Waals surface area contributed by atoms with Gasteiger partial charge in [-0.3, -0.25) is 14.5 Å². The number of benzene rings is 3. The lowest BCUT2D eigenvalue weighted by Gasteiger charge is -2.34. The van der Waals surface area contributed by atoms with Crippen LogP contribution in [-0.2, 0) is 14.4 Å². The highest BCUT2D eigenvalue weighted by molar-refractivity contribution is 6.22. The minimum absolute atomic E-state index is 0.0220. The smallest absolute Gasteiger partial charge is 0.262 e. The fourth-order valence-electron chi connectivity index (χ4n) is 8.60. The topological polar surface area (TPSA) is 195 Å². The van der Waals surface area contributed by atoms with E-state index in [9.17, 15) is 24.0 Å². The van der Waals surface area contributed by atoms with Gasteiger partial charge in [0, 0.05) is 37.3 Å². The van der Waals surface area contributed by atoms with Gasteiger partial charge in [-0.05, 0) is 93.1 Å². The van der Waals surface area contributed by atoms with Gasteiger partial charge < -0.3 is 26.0 Å². The molecule has 5 heterocycles. The molecule has 4 N–H and O–H groups in total. The van der Waals surface area contributed by atoms with E-state index in [1.165, 1.54) is 6.33 Å². The van der Waals surface area contributed by atoms with E-state index in [1.807, 2.05) is 59.3 Å². The third kappa shape index (κ3) is 8.77. The molecule has 3 aliphatic heterocycles. The molecule has 62 heavy (non-hydrogen) atoms. The number of nitrogens with one attached hydrogen (secondary N) is 2. The Kier molecular flexibility index (Phi) is 12.7. The van der Waals surface area contributed by atoms with Crippen molar-refractivity contribution in [2.75, 3.05) is 30.7 Å². The second kappa shape index (κ2) is 19.0. The van der Waals surface area contributed by atoms with Gasteiger partial charge in [0.05, 0.1) is 34.3 Å². The van der Waals surface area contributed by atoms with Crippen LogP contribution >= 0.6 is 0 Å². The second-order valence-corrected chi connectivity index (χ2v) is 15.8. The van der Waals surface area contributed by atoms with E-state index >= 15 is 0 Å². The van der Waals surface area contributed by atoms with Crippen LogP contribution in [0.2, 0.25) is 0 Å². The van der Waals surface area contributed by atoms with Crippen molar-refractivity contribution in [3.05, 3.63) is 107 Å². The summed E-state index contributed by atoms with van der Waals surface area (Å²) in [4.78, 5) is 73.5. The Morgan fingerprint density at radius 2 is 1.61 bits per heavy atom. The number of nitrogen functional groups attached to an aromatic ring is 1. The number of anilines is 2. The molecule has 15 nitrogen and oxygen atoms in total. The van der Waals surface area contributed by atoms with Crippen molar-refractivity contribution in [3.63, 3.8) is 0 Å². The first-order valence-corrected chi connectivity index (χ1v) is 21.2. The Bertz CT molecular complexity index is 2630. The number of hydrogen-bond donors (Lipinski definition) is 3. The first kappa shape index (κ1) is 41.4. The number of hydrogen-bond acceptors (Lipinski definition) is 13. The summed E-state index contributed by atoms with van der Waals surface area (Å²) < 4.78 is 7.94. The van der Waals surface area contributed by atoms with E-state index < -0.39 is 17.9 Å². The number of imide groups is 1. The third-order valence-electron chi connectivity index (χ3n) is 11.8. The zero-order valence-electron chi connectivity index (χ0n) is 34.3. The fourth-order valence-corrected chi connectivity index (χ4v) is 8.60. The number of ether oxygens (including phenoxy) is 1. The molecule has 0 saturated carbocycles. The molecule has 2 aromatic heterocycles. The van der Waals surface area contributed by atoms with E-state index in [0.717, 1.165) is 79.8 Å². The number of unbranched alkanes of at least 4 members (excludes halogenated alkanes) is 5. The van der Waals surface area contributed by atoms with Crippen molar-refractivity contribution in [1.29, 1.82) is 0 Å². The van der Waals surface area contributed by atoms with Gasteiger partial charge in [-0.1, -0.05) is 43.9 Å². The van der Waals surface area contributed by atoms with Gasteiger partial charge in [0.25, 0.3) is 11.8 Å². The van der Waals surface area contributed by atoms with Gasteiger partial charge in [-0.15, -0.1) is 0 Å². The Hall–Kier alpha value is -7.30. The van der Waals surface area contributed by atoms with Crippen LogP contribution in [0.15, 0.2) is 96.2 Å². The highest BCUT2D eigenvalue weighted by Crippen LogP contribution is 2.36. The number of allylic oxidation sites excluding steroid dienone is 2. The lowest BCUT2D eigenvalue weighted by Crippen LogP contribution is -2.46. The summed E-state index contributed by atoms with van der Waals surface area (Å²) >= 11 is 0. The maximum absolute atomic E-state index is 13.3. The molecule has 15 heteroatoms. The molecule has 2 saturated heterocycles. The zero-order valence-corrected chi connectivity index (χ0v) is 34.3. The van der Waals surface area contributed by atoms with Gasteiger partial charge in [-0.25, -0.2) is 29.0 Å². The number of amides is 2. The van der Waals surface area contributed by atoms with E-state index in [4.69, 9.17) is 15.6 Å². The minimum atomic E-state index is -0.816. The number of rotatable bonds is 16. The number of carbonyl (C=O) groups is 2. The number of nitrogens with two attached hydrogens (primary N) is 1. The Balaban J connectivity index is 0.786. The maximum Gasteiger partial charge on any atom is 0.262 e. The summed E-state index contributed by atoms with van der Waals surface area (Å²) in [5.41, 5.74) is 10.8. The summed E-state index contributed by atoms with van der Waals surface area (Å²) in [6.07, 6.45) is 10.3. The molecule has 3 aliphatic rings. The average Bonchev–Trinajstić information content (AvgIpc) is 3.82. The zero-order chi connectivity index (χ0) is 43.0. The predicted octanol–water partition coefficient (Wildman–Crippen LogP) is 6.84. The first-order valence-electron chi connectivity index (χ1n) is 21.2. The molecule has 0 aliphatic carbocycles. The molecule has 0 radical (unpaired) electrons. The van der Waals surface area contributed by atoms with Crippen molar-refractivity contribution < 1.29 is 28.7 Å². The van der Waals surface area contributed by atoms with E-state index in [1.54, 1.807) is 30.1 Å². The Labute approximate surface area is 358 Å². The van der Waals surface area contributed by atoms with Crippen molar-refractivity contribution in [2.45, 2.75) is 82.7 Å². The standard InChI is InChI=1S/C47H47N9O6/c48-44-42-43(31-15-19-37(20-16-31)62-36-13-7-5-8-14-36)53-56(45(42)51-30-50-44)34-12-10-24-54(26-34)35(28-58)11-6-3-1-2-4-9-23-49-32-17-21-38-39(25-32)47(61)55(46(38)60)41-22-18-33(27-57)52-40(41)29-59/h5,7-8,13-17,19-21,25,30,34,41,49,52H,1-4,6,9-12,18,22-24,26H2,(H2,48,50,51). The van der Waals surface area contributed by atoms with E-state index in [0.29, 0.717) is 53.5 Å². The average molecular weight is 834 g/mol. The van der Waals surface area contributed by atoms with Crippen molar-refractivity contribution in [3.8, 4) is 22.8 Å². The van der Waals surface area contributed by atoms with Crippen LogP contribution in [-0.4, -0.2) is 84.9 Å². The third-order valence-corrected chi connectivity index (χ3v) is 11.8. The minimum Gasteiger partial charge on any atom is -0.457 e. The van der Waals surface area contributed by atoms with Crippen LogP contribution in [0.4, 0.5) is 11.5 Å². The number of para-hydroxylation sites is 1. The van der Waals surface area contributed by atoms with E-state index in [-0.39, 0.29) is 41.4 Å². The molecule has 2 amide bonds. The van der Waals surface area contributed by atoms with Gasteiger partial charge in [0.2, 0.25) is 0 Å². The van der Waals surface area contributed by atoms with Gasteiger partial charge in [0.1, 0.15) is 58.6 Å². The number of fused-ring (bicyclic) bond motifs is 2. The summed E-state index contributed by atoms with van der Waals surface area (Å²) in [6.45, 7) is 2.10. The molecule has 2 atom stereocenters. The van der Waals surface area contributed by atoms with Crippen LogP contribution in [0.3, 0.4) is 0 Å². The quantitative estimate of drug-likeness (QED) is 0.0532. The molecule has 5 aromatic rings. The van der Waals surface area contributed by atoms with Gasteiger partial charge in [0.15, 0.2) is 5.65 Å². The normalized spacial score (nSPS) is 17.3. The van der Waals surface area contributed by atoms with Crippen LogP contribution in [0.1, 0.15) is 97.4 Å². The monoisotopic (exact) mass is 833 g/mol. The highest BCUT2D eigenvalue weighted by Gasteiger charge is 2.43.